The fraction of sp³-hybridized carbons (Fsp3) is 0.500. The molecule has 0 radical (unpaired) electrons. The second-order valence-electron chi connectivity index (χ2n) is 5.51. The Morgan fingerprint density at radius 1 is 1.21 bits per heavy atom. The normalized spacial score (nSPS) is 20.4. The van der Waals surface area contributed by atoms with Crippen LogP contribution in [0.2, 0.25) is 0 Å². The van der Waals surface area contributed by atoms with Crippen molar-refractivity contribution in [2.24, 2.45) is 0 Å². The van der Waals surface area contributed by atoms with E-state index in [2.05, 4.69) is 20.0 Å². The van der Waals surface area contributed by atoms with Gasteiger partial charge in [-0.3, -0.25) is 9.58 Å². The first kappa shape index (κ1) is 11.1. The Morgan fingerprint density at radius 2 is 2.11 bits per heavy atom. The molecule has 2 fully saturated rings. The smallest absolute Gasteiger partial charge is 0.131 e. The number of aromatic nitrogens is 4. The van der Waals surface area contributed by atoms with Crippen molar-refractivity contribution >= 4 is 0 Å². The molecule has 1 aliphatic carbocycles. The van der Waals surface area contributed by atoms with E-state index < -0.39 is 0 Å². The van der Waals surface area contributed by atoms with Gasteiger partial charge in [0.05, 0.1) is 11.7 Å². The molecule has 0 spiro atoms. The summed E-state index contributed by atoms with van der Waals surface area (Å²) >= 11 is 0. The summed E-state index contributed by atoms with van der Waals surface area (Å²) < 4.78 is 2.05. The molecule has 0 unspecified atom stereocenters. The third kappa shape index (κ3) is 2.26. The van der Waals surface area contributed by atoms with Crippen molar-refractivity contribution < 1.29 is 0 Å². The molecule has 0 bridgehead atoms. The molecule has 1 saturated carbocycles. The molecule has 2 aliphatic rings. The third-order valence-corrected chi connectivity index (χ3v) is 3.90. The van der Waals surface area contributed by atoms with Crippen LogP contribution < -0.4 is 0 Å². The summed E-state index contributed by atoms with van der Waals surface area (Å²) in [5.74, 6) is 1.68. The molecule has 4 rings (SSSR count). The molecule has 2 aromatic rings. The lowest BCUT2D eigenvalue weighted by molar-refractivity contribution is 0.0894. The van der Waals surface area contributed by atoms with Crippen LogP contribution in [0, 0.1) is 0 Å². The molecule has 0 aromatic carbocycles. The van der Waals surface area contributed by atoms with Gasteiger partial charge in [0.2, 0.25) is 0 Å². The Balaban J connectivity index is 1.37. The van der Waals surface area contributed by atoms with Gasteiger partial charge < -0.3 is 0 Å². The summed E-state index contributed by atoms with van der Waals surface area (Å²) in [6.07, 6.45) is 8.30. The predicted molar refractivity (Wildman–Crippen MR) is 70.5 cm³/mol. The highest BCUT2D eigenvalue weighted by atomic mass is 15.4. The first-order valence-electron chi connectivity index (χ1n) is 6.92. The van der Waals surface area contributed by atoms with Gasteiger partial charge >= 0.3 is 0 Å². The SMILES string of the molecule is c1cnn(C2CN(Cc3ccnc(C4CC4)n3)C2)c1. The van der Waals surface area contributed by atoms with Crippen molar-refractivity contribution in [3.05, 3.63) is 42.2 Å². The van der Waals surface area contributed by atoms with Crippen molar-refractivity contribution in [3.63, 3.8) is 0 Å². The molecule has 0 N–H and O–H groups in total. The first-order valence-corrected chi connectivity index (χ1v) is 6.92. The van der Waals surface area contributed by atoms with Crippen molar-refractivity contribution in [2.45, 2.75) is 31.3 Å². The summed E-state index contributed by atoms with van der Waals surface area (Å²) in [5, 5.41) is 4.29. The zero-order valence-corrected chi connectivity index (χ0v) is 10.8. The van der Waals surface area contributed by atoms with Crippen LogP contribution >= 0.6 is 0 Å². The quantitative estimate of drug-likeness (QED) is 0.832. The van der Waals surface area contributed by atoms with Crippen LogP contribution in [0.5, 0.6) is 0 Å². The van der Waals surface area contributed by atoms with E-state index >= 15 is 0 Å². The Hall–Kier alpha value is -1.75. The molecule has 2 aromatic heterocycles. The van der Waals surface area contributed by atoms with Crippen LogP contribution in [-0.2, 0) is 6.54 Å². The van der Waals surface area contributed by atoms with Gasteiger partial charge in [0, 0.05) is 44.1 Å². The molecule has 1 aliphatic heterocycles. The molecule has 19 heavy (non-hydrogen) atoms. The van der Waals surface area contributed by atoms with Crippen molar-refractivity contribution in [2.75, 3.05) is 13.1 Å². The minimum absolute atomic E-state index is 0.528. The molecule has 3 heterocycles. The number of hydrogen-bond acceptors (Lipinski definition) is 4. The number of hydrogen-bond donors (Lipinski definition) is 0. The number of rotatable bonds is 4. The van der Waals surface area contributed by atoms with Gasteiger partial charge in [-0.05, 0) is 25.0 Å². The van der Waals surface area contributed by atoms with E-state index in [1.165, 1.54) is 12.8 Å². The van der Waals surface area contributed by atoms with Gasteiger partial charge in [-0.2, -0.15) is 5.10 Å². The maximum absolute atomic E-state index is 4.67. The molecule has 5 nitrogen and oxygen atoms in total. The lowest BCUT2D eigenvalue weighted by Crippen LogP contribution is -2.47. The molecular weight excluding hydrogens is 238 g/mol. The van der Waals surface area contributed by atoms with Crippen LogP contribution in [0.1, 0.15) is 36.3 Å². The molecule has 1 saturated heterocycles. The van der Waals surface area contributed by atoms with Gasteiger partial charge in [-0.1, -0.05) is 0 Å². The molecule has 0 amide bonds. The van der Waals surface area contributed by atoms with E-state index in [-0.39, 0.29) is 0 Å². The minimum Gasteiger partial charge on any atom is -0.293 e. The van der Waals surface area contributed by atoms with E-state index in [1.807, 2.05) is 35.4 Å². The van der Waals surface area contributed by atoms with Crippen LogP contribution in [0.25, 0.3) is 0 Å². The monoisotopic (exact) mass is 255 g/mol. The minimum atomic E-state index is 0.528. The topological polar surface area (TPSA) is 46.8 Å². The standard InChI is InChI=1S/C14H17N5/c1-5-16-19(7-1)13-9-18(10-13)8-12-4-6-15-14(17-12)11-2-3-11/h1,4-7,11,13H,2-3,8-10H2. The average Bonchev–Trinajstić information content (AvgIpc) is 3.11. The Labute approximate surface area is 112 Å². The molecular formula is C14H17N5. The average molecular weight is 255 g/mol. The molecule has 5 heteroatoms. The lowest BCUT2D eigenvalue weighted by atomic mass is 10.1. The second kappa shape index (κ2) is 4.42. The van der Waals surface area contributed by atoms with Crippen LogP contribution in [0.15, 0.2) is 30.7 Å². The van der Waals surface area contributed by atoms with Gasteiger partial charge in [-0.15, -0.1) is 0 Å². The van der Waals surface area contributed by atoms with E-state index in [1.54, 1.807) is 0 Å². The highest BCUT2D eigenvalue weighted by Crippen LogP contribution is 2.37. The summed E-state index contributed by atoms with van der Waals surface area (Å²) in [6.45, 7) is 3.05. The highest BCUT2D eigenvalue weighted by molar-refractivity contribution is 5.10. The van der Waals surface area contributed by atoms with E-state index in [0.717, 1.165) is 31.2 Å². The van der Waals surface area contributed by atoms with Crippen molar-refractivity contribution in [1.29, 1.82) is 0 Å². The highest BCUT2D eigenvalue weighted by Gasteiger charge is 2.30. The Bertz CT molecular complexity index is 555. The van der Waals surface area contributed by atoms with Gasteiger partial charge in [0.25, 0.3) is 0 Å². The van der Waals surface area contributed by atoms with Crippen LogP contribution in [0.4, 0.5) is 0 Å². The summed E-state index contributed by atoms with van der Waals surface area (Å²) in [6, 6.07) is 4.54. The zero-order chi connectivity index (χ0) is 12.7. The van der Waals surface area contributed by atoms with E-state index in [9.17, 15) is 0 Å². The maximum atomic E-state index is 4.67. The largest absolute Gasteiger partial charge is 0.293 e. The Morgan fingerprint density at radius 3 is 2.84 bits per heavy atom. The first-order chi connectivity index (χ1) is 9.38. The lowest BCUT2D eigenvalue weighted by Gasteiger charge is -2.38. The van der Waals surface area contributed by atoms with Gasteiger partial charge in [0.1, 0.15) is 5.82 Å². The zero-order valence-electron chi connectivity index (χ0n) is 10.8. The second-order valence-corrected chi connectivity index (χ2v) is 5.51. The van der Waals surface area contributed by atoms with E-state index in [4.69, 9.17) is 0 Å². The number of nitrogens with zero attached hydrogens (tertiary/aromatic N) is 5. The maximum Gasteiger partial charge on any atom is 0.131 e. The molecule has 0 atom stereocenters. The van der Waals surface area contributed by atoms with Gasteiger partial charge in [0.15, 0.2) is 0 Å². The van der Waals surface area contributed by atoms with Crippen molar-refractivity contribution in [3.8, 4) is 0 Å². The summed E-state index contributed by atoms with van der Waals surface area (Å²) in [5.41, 5.74) is 1.15. The fourth-order valence-corrected chi connectivity index (χ4v) is 2.60. The van der Waals surface area contributed by atoms with Crippen LogP contribution in [0.3, 0.4) is 0 Å². The van der Waals surface area contributed by atoms with Crippen LogP contribution in [-0.4, -0.2) is 37.7 Å². The fourth-order valence-electron chi connectivity index (χ4n) is 2.60. The number of likely N-dealkylation sites (tertiary alicyclic amines) is 1. The van der Waals surface area contributed by atoms with Gasteiger partial charge in [-0.25, -0.2) is 9.97 Å². The Kier molecular flexibility index (Phi) is 2.58. The third-order valence-electron chi connectivity index (χ3n) is 3.90. The van der Waals surface area contributed by atoms with E-state index in [0.29, 0.717) is 12.0 Å². The predicted octanol–water partition coefficient (Wildman–Crippen LogP) is 1.61. The summed E-state index contributed by atoms with van der Waals surface area (Å²) in [4.78, 5) is 11.4. The molecule has 98 valence electrons. The summed E-state index contributed by atoms with van der Waals surface area (Å²) in [7, 11) is 0. The van der Waals surface area contributed by atoms with Crippen molar-refractivity contribution in [1.82, 2.24) is 24.6 Å².